The fourth-order valence-corrected chi connectivity index (χ4v) is 2.43. The number of aromatic nitrogens is 2. The maximum Gasteiger partial charge on any atom is 0.138 e. The summed E-state index contributed by atoms with van der Waals surface area (Å²) in [5.41, 5.74) is 5.80. The molecule has 1 fully saturated rings. The first kappa shape index (κ1) is 13.1. The molecule has 3 N–H and O–H groups in total. The molecule has 2 atom stereocenters. The Bertz CT molecular complexity index is 422. The van der Waals surface area contributed by atoms with Gasteiger partial charge in [0.25, 0.3) is 0 Å². The molecule has 2 unspecified atom stereocenters. The lowest BCUT2D eigenvalue weighted by Crippen LogP contribution is -2.24. The van der Waals surface area contributed by atoms with Crippen molar-refractivity contribution in [1.82, 2.24) is 9.97 Å². The van der Waals surface area contributed by atoms with Gasteiger partial charge >= 0.3 is 0 Å². The molecule has 2 rings (SSSR count). The monoisotopic (exact) mass is 248 g/mol. The summed E-state index contributed by atoms with van der Waals surface area (Å²) in [5.74, 6) is 2.92. The predicted molar refractivity (Wildman–Crippen MR) is 75.6 cm³/mol. The molecule has 4 nitrogen and oxygen atoms in total. The van der Waals surface area contributed by atoms with E-state index < -0.39 is 0 Å². The van der Waals surface area contributed by atoms with E-state index in [0.29, 0.717) is 17.8 Å². The van der Waals surface area contributed by atoms with Gasteiger partial charge in [0.15, 0.2) is 0 Å². The molecule has 1 aromatic heterocycles. The van der Waals surface area contributed by atoms with Crippen LogP contribution in [0.3, 0.4) is 0 Å². The minimum atomic E-state index is -0.0763. The second-order valence-corrected chi connectivity index (χ2v) is 6.41. The van der Waals surface area contributed by atoms with Crippen molar-refractivity contribution in [1.29, 1.82) is 0 Å². The Morgan fingerprint density at radius 1 is 1.28 bits per heavy atom. The normalized spacial score (nSPS) is 24.2. The summed E-state index contributed by atoms with van der Waals surface area (Å²) in [4.78, 5) is 8.93. The minimum absolute atomic E-state index is 0.0763. The van der Waals surface area contributed by atoms with Gasteiger partial charge in [-0.3, -0.25) is 0 Å². The Hall–Kier alpha value is -1.32. The molecule has 0 spiro atoms. The number of nitrogen functional groups attached to an aromatic ring is 1. The SMILES string of the molecule is CC1CCCC1Nc1cc(N)nc(C(C)(C)C)n1. The summed E-state index contributed by atoms with van der Waals surface area (Å²) in [6.07, 6.45) is 3.81. The van der Waals surface area contributed by atoms with Crippen molar-refractivity contribution >= 4 is 11.6 Å². The molecule has 1 aliphatic rings. The van der Waals surface area contributed by atoms with Crippen LogP contribution in [0.5, 0.6) is 0 Å². The summed E-state index contributed by atoms with van der Waals surface area (Å²) in [6, 6.07) is 2.35. The molecule has 1 aliphatic carbocycles. The van der Waals surface area contributed by atoms with Gasteiger partial charge in [-0.05, 0) is 18.8 Å². The first-order valence-electron chi connectivity index (χ1n) is 6.78. The van der Waals surface area contributed by atoms with Gasteiger partial charge < -0.3 is 11.1 Å². The van der Waals surface area contributed by atoms with E-state index in [1.54, 1.807) is 0 Å². The Kier molecular flexibility index (Phi) is 3.46. The van der Waals surface area contributed by atoms with Crippen LogP contribution >= 0.6 is 0 Å². The van der Waals surface area contributed by atoms with Crippen molar-refractivity contribution < 1.29 is 0 Å². The topological polar surface area (TPSA) is 63.8 Å². The van der Waals surface area contributed by atoms with E-state index >= 15 is 0 Å². The third-order valence-electron chi connectivity index (χ3n) is 3.61. The van der Waals surface area contributed by atoms with Crippen molar-refractivity contribution in [2.75, 3.05) is 11.1 Å². The molecule has 1 saturated carbocycles. The number of hydrogen-bond acceptors (Lipinski definition) is 4. The van der Waals surface area contributed by atoms with Gasteiger partial charge in [0.1, 0.15) is 17.5 Å². The summed E-state index contributed by atoms with van der Waals surface area (Å²) < 4.78 is 0. The number of nitrogens with zero attached hydrogens (tertiary/aromatic N) is 2. The Balaban J connectivity index is 2.20. The third kappa shape index (κ3) is 2.92. The molecule has 1 aromatic rings. The average Bonchev–Trinajstić information content (AvgIpc) is 2.62. The van der Waals surface area contributed by atoms with Crippen LogP contribution < -0.4 is 11.1 Å². The Labute approximate surface area is 109 Å². The van der Waals surface area contributed by atoms with E-state index in [1.807, 2.05) is 6.07 Å². The zero-order chi connectivity index (χ0) is 13.3. The summed E-state index contributed by atoms with van der Waals surface area (Å²) in [7, 11) is 0. The van der Waals surface area contributed by atoms with E-state index in [4.69, 9.17) is 5.73 Å². The lowest BCUT2D eigenvalue weighted by Gasteiger charge is -2.21. The highest BCUT2D eigenvalue weighted by molar-refractivity contribution is 5.46. The zero-order valence-corrected chi connectivity index (χ0v) is 11.8. The van der Waals surface area contributed by atoms with Gasteiger partial charge in [-0.15, -0.1) is 0 Å². The molecule has 0 saturated heterocycles. The van der Waals surface area contributed by atoms with Crippen LogP contribution in [0.2, 0.25) is 0 Å². The number of hydrogen-bond donors (Lipinski definition) is 2. The highest BCUT2D eigenvalue weighted by Crippen LogP contribution is 2.28. The van der Waals surface area contributed by atoms with Crippen LogP contribution in [0, 0.1) is 5.92 Å². The van der Waals surface area contributed by atoms with Crippen molar-refractivity contribution in [2.24, 2.45) is 5.92 Å². The molecule has 0 aliphatic heterocycles. The molecule has 0 radical (unpaired) electrons. The van der Waals surface area contributed by atoms with E-state index in [9.17, 15) is 0 Å². The Morgan fingerprint density at radius 2 is 2.00 bits per heavy atom. The summed E-state index contributed by atoms with van der Waals surface area (Å²) in [6.45, 7) is 8.59. The van der Waals surface area contributed by atoms with Crippen LogP contribution in [-0.2, 0) is 5.41 Å². The number of nitrogens with one attached hydrogen (secondary N) is 1. The molecule has 1 heterocycles. The third-order valence-corrected chi connectivity index (χ3v) is 3.61. The number of nitrogens with two attached hydrogens (primary N) is 1. The first-order chi connectivity index (χ1) is 8.36. The Morgan fingerprint density at radius 3 is 2.56 bits per heavy atom. The smallest absolute Gasteiger partial charge is 0.138 e. The fourth-order valence-electron chi connectivity index (χ4n) is 2.43. The van der Waals surface area contributed by atoms with Crippen LogP contribution in [0.25, 0.3) is 0 Å². The first-order valence-corrected chi connectivity index (χ1v) is 6.78. The van der Waals surface area contributed by atoms with Crippen LogP contribution in [-0.4, -0.2) is 16.0 Å². The standard InChI is InChI=1S/C14H24N4/c1-9-6-5-7-10(9)16-12-8-11(15)17-13(18-12)14(2,3)4/h8-10H,5-7H2,1-4H3,(H3,15,16,17,18). The van der Waals surface area contributed by atoms with E-state index in [2.05, 4.69) is 43.0 Å². The van der Waals surface area contributed by atoms with Gasteiger partial charge in [-0.25, -0.2) is 9.97 Å². The maximum atomic E-state index is 5.87. The molecule has 100 valence electrons. The molecule has 18 heavy (non-hydrogen) atoms. The number of anilines is 2. The van der Waals surface area contributed by atoms with E-state index in [0.717, 1.165) is 11.6 Å². The van der Waals surface area contributed by atoms with Crippen LogP contribution in [0.1, 0.15) is 52.8 Å². The van der Waals surface area contributed by atoms with Crippen molar-refractivity contribution in [3.8, 4) is 0 Å². The van der Waals surface area contributed by atoms with Crippen molar-refractivity contribution in [3.63, 3.8) is 0 Å². The van der Waals surface area contributed by atoms with Gasteiger partial charge in [0, 0.05) is 17.5 Å². The van der Waals surface area contributed by atoms with E-state index in [-0.39, 0.29) is 5.41 Å². The lowest BCUT2D eigenvalue weighted by atomic mass is 9.96. The van der Waals surface area contributed by atoms with Gasteiger partial charge in [0.2, 0.25) is 0 Å². The highest BCUT2D eigenvalue weighted by atomic mass is 15.1. The molecular weight excluding hydrogens is 224 g/mol. The quantitative estimate of drug-likeness (QED) is 0.844. The average molecular weight is 248 g/mol. The summed E-state index contributed by atoms with van der Waals surface area (Å²) >= 11 is 0. The minimum Gasteiger partial charge on any atom is -0.384 e. The predicted octanol–water partition coefficient (Wildman–Crippen LogP) is 2.96. The van der Waals surface area contributed by atoms with Crippen molar-refractivity contribution in [3.05, 3.63) is 11.9 Å². The number of rotatable bonds is 2. The van der Waals surface area contributed by atoms with Crippen LogP contribution in [0.15, 0.2) is 6.07 Å². The summed E-state index contributed by atoms with van der Waals surface area (Å²) in [5, 5.41) is 3.51. The fraction of sp³-hybridized carbons (Fsp3) is 0.714. The highest BCUT2D eigenvalue weighted by Gasteiger charge is 2.24. The largest absolute Gasteiger partial charge is 0.384 e. The van der Waals surface area contributed by atoms with Gasteiger partial charge in [0.05, 0.1) is 0 Å². The van der Waals surface area contributed by atoms with E-state index in [1.165, 1.54) is 19.3 Å². The lowest BCUT2D eigenvalue weighted by molar-refractivity contribution is 0.538. The zero-order valence-electron chi connectivity index (χ0n) is 11.8. The molecule has 4 heteroatoms. The van der Waals surface area contributed by atoms with Gasteiger partial charge in [-0.2, -0.15) is 0 Å². The second kappa shape index (κ2) is 4.75. The molecule has 0 aromatic carbocycles. The maximum absolute atomic E-state index is 5.87. The molecule has 0 bridgehead atoms. The molecule has 0 amide bonds. The second-order valence-electron chi connectivity index (χ2n) is 6.41. The van der Waals surface area contributed by atoms with Crippen LogP contribution in [0.4, 0.5) is 11.6 Å². The van der Waals surface area contributed by atoms with Crippen molar-refractivity contribution in [2.45, 2.75) is 58.4 Å². The van der Waals surface area contributed by atoms with Gasteiger partial charge in [-0.1, -0.05) is 34.1 Å². The molecular formula is C14H24N4.